The van der Waals surface area contributed by atoms with E-state index in [1.807, 2.05) is 0 Å². The third-order valence-electron chi connectivity index (χ3n) is 3.04. The van der Waals surface area contributed by atoms with E-state index in [0.29, 0.717) is 6.07 Å². The molecular weight excluding hydrogens is 459 g/mol. The lowest BCUT2D eigenvalue weighted by atomic mass is 10.1. The maximum atomic E-state index is 13.4. The van der Waals surface area contributed by atoms with Crippen LogP contribution in [0, 0.1) is 5.82 Å². The van der Waals surface area contributed by atoms with Crippen LogP contribution in [0.1, 0.15) is 11.1 Å². The molecule has 142 valence electrons. The number of sulfonamides is 1. The van der Waals surface area contributed by atoms with Gasteiger partial charge in [-0.3, -0.25) is 4.72 Å². The molecule has 0 aliphatic carbocycles. The third-order valence-corrected chi connectivity index (χ3v) is 5.05. The van der Waals surface area contributed by atoms with Crippen molar-refractivity contribution in [2.24, 2.45) is 0 Å². The summed E-state index contributed by atoms with van der Waals surface area (Å²) in [6.45, 7) is 0. The number of alkyl halides is 6. The average molecular weight is 466 g/mol. The first-order valence-corrected chi connectivity index (χ1v) is 8.75. The van der Waals surface area contributed by atoms with Crippen LogP contribution in [0.2, 0.25) is 0 Å². The smallest absolute Gasteiger partial charge is 0.280 e. The SMILES string of the molecule is O=S(=O)(Nc1ccc(Br)c(F)c1)c1cc(C(F)(F)F)cc(C(F)(F)F)c1. The van der Waals surface area contributed by atoms with Gasteiger partial charge in [0.1, 0.15) is 5.82 Å². The minimum atomic E-state index is -5.20. The van der Waals surface area contributed by atoms with Gasteiger partial charge in [-0.15, -0.1) is 0 Å². The number of nitrogens with one attached hydrogen (secondary N) is 1. The summed E-state index contributed by atoms with van der Waals surface area (Å²) in [4.78, 5) is -1.26. The Balaban J connectivity index is 2.55. The van der Waals surface area contributed by atoms with E-state index in [1.54, 1.807) is 4.72 Å². The Bertz CT molecular complexity index is 907. The fourth-order valence-corrected chi connectivity index (χ4v) is 3.22. The monoisotopic (exact) mass is 465 g/mol. The lowest BCUT2D eigenvalue weighted by Crippen LogP contribution is -2.17. The molecule has 2 aromatic carbocycles. The molecule has 1 N–H and O–H groups in total. The van der Waals surface area contributed by atoms with Crippen LogP contribution in [0.15, 0.2) is 45.8 Å². The molecule has 0 aliphatic heterocycles. The predicted octanol–water partition coefficient (Wildman–Crippen LogP) is 5.43. The van der Waals surface area contributed by atoms with Gasteiger partial charge < -0.3 is 0 Å². The lowest BCUT2D eigenvalue weighted by Gasteiger charge is -2.15. The predicted molar refractivity (Wildman–Crippen MR) is 81.4 cm³/mol. The molecule has 0 saturated carbocycles. The molecule has 0 heterocycles. The summed E-state index contributed by atoms with van der Waals surface area (Å²) in [5.41, 5.74) is -3.94. The van der Waals surface area contributed by atoms with Crippen molar-refractivity contribution >= 4 is 31.6 Å². The highest BCUT2D eigenvalue weighted by Crippen LogP contribution is 2.37. The Labute approximate surface area is 151 Å². The zero-order valence-corrected chi connectivity index (χ0v) is 14.6. The first kappa shape index (κ1) is 20.5. The topological polar surface area (TPSA) is 46.2 Å². The van der Waals surface area contributed by atoms with Gasteiger partial charge in [-0.1, -0.05) is 0 Å². The molecule has 0 aliphatic rings. The van der Waals surface area contributed by atoms with E-state index in [-0.39, 0.29) is 28.4 Å². The molecule has 0 amide bonds. The van der Waals surface area contributed by atoms with Crippen LogP contribution in [0.3, 0.4) is 0 Å². The van der Waals surface area contributed by atoms with Crippen LogP contribution in [0.5, 0.6) is 0 Å². The van der Waals surface area contributed by atoms with Gasteiger partial charge in [0.25, 0.3) is 10.0 Å². The van der Waals surface area contributed by atoms with Gasteiger partial charge in [0.2, 0.25) is 0 Å². The second-order valence-corrected chi connectivity index (χ2v) is 7.51. The van der Waals surface area contributed by atoms with Crippen molar-refractivity contribution in [2.45, 2.75) is 17.2 Å². The summed E-state index contributed by atoms with van der Waals surface area (Å²) >= 11 is 2.81. The van der Waals surface area contributed by atoms with Crippen LogP contribution in [-0.4, -0.2) is 8.42 Å². The normalized spacial score (nSPS) is 12.9. The number of hydrogen-bond acceptors (Lipinski definition) is 2. The number of rotatable bonds is 3. The van der Waals surface area contributed by atoms with E-state index >= 15 is 0 Å². The molecule has 0 fully saturated rings. The highest BCUT2D eigenvalue weighted by Gasteiger charge is 2.38. The summed E-state index contributed by atoms with van der Waals surface area (Å²) in [6.07, 6.45) is -10.4. The van der Waals surface area contributed by atoms with Gasteiger partial charge in [-0.25, -0.2) is 12.8 Å². The van der Waals surface area contributed by atoms with E-state index in [1.165, 1.54) is 0 Å². The van der Waals surface area contributed by atoms with E-state index in [2.05, 4.69) is 15.9 Å². The third kappa shape index (κ3) is 4.67. The first-order valence-electron chi connectivity index (χ1n) is 6.47. The van der Waals surface area contributed by atoms with Crippen molar-refractivity contribution < 1.29 is 39.2 Å². The van der Waals surface area contributed by atoms with Crippen molar-refractivity contribution in [2.75, 3.05) is 4.72 Å². The fraction of sp³-hybridized carbons (Fsp3) is 0.143. The van der Waals surface area contributed by atoms with Gasteiger partial charge in [-0.2, -0.15) is 26.3 Å². The lowest BCUT2D eigenvalue weighted by molar-refractivity contribution is -0.143. The summed E-state index contributed by atoms with van der Waals surface area (Å²) in [6, 6.07) is 2.82. The minimum absolute atomic E-state index is 0.0149. The van der Waals surface area contributed by atoms with E-state index < -0.39 is 44.2 Å². The van der Waals surface area contributed by atoms with E-state index in [0.717, 1.165) is 12.1 Å². The van der Waals surface area contributed by atoms with Gasteiger partial charge in [0.05, 0.1) is 26.2 Å². The second-order valence-electron chi connectivity index (χ2n) is 4.98. The van der Waals surface area contributed by atoms with E-state index in [4.69, 9.17) is 0 Å². The second kappa shape index (κ2) is 6.72. The zero-order chi connectivity index (χ0) is 19.9. The number of hydrogen-bond donors (Lipinski definition) is 1. The molecule has 2 aromatic rings. The number of anilines is 1. The molecule has 0 unspecified atom stereocenters. The highest BCUT2D eigenvalue weighted by atomic mass is 79.9. The van der Waals surface area contributed by atoms with Crippen LogP contribution < -0.4 is 4.72 Å². The number of halogens is 8. The van der Waals surface area contributed by atoms with Gasteiger partial charge >= 0.3 is 12.4 Å². The first-order chi connectivity index (χ1) is 11.7. The van der Waals surface area contributed by atoms with Crippen molar-refractivity contribution in [1.29, 1.82) is 0 Å². The average Bonchev–Trinajstić information content (AvgIpc) is 2.48. The minimum Gasteiger partial charge on any atom is -0.280 e. The van der Waals surface area contributed by atoms with Gasteiger partial charge in [-0.05, 0) is 52.3 Å². The van der Waals surface area contributed by atoms with Crippen molar-refractivity contribution in [3.8, 4) is 0 Å². The van der Waals surface area contributed by atoms with E-state index in [9.17, 15) is 39.2 Å². The van der Waals surface area contributed by atoms with Crippen LogP contribution in [0.4, 0.5) is 36.4 Å². The summed E-state index contributed by atoms with van der Waals surface area (Å²) in [5, 5.41) is 0. The maximum Gasteiger partial charge on any atom is 0.416 e. The summed E-state index contributed by atoms with van der Waals surface area (Å²) in [7, 11) is -4.84. The molecule has 12 heteroatoms. The summed E-state index contributed by atoms with van der Waals surface area (Å²) in [5.74, 6) is -0.884. The Morgan fingerprint density at radius 2 is 1.35 bits per heavy atom. The molecule has 0 bridgehead atoms. The van der Waals surface area contributed by atoms with Crippen LogP contribution in [-0.2, 0) is 22.4 Å². The Hall–Kier alpha value is -1.82. The van der Waals surface area contributed by atoms with Crippen molar-refractivity contribution in [3.05, 3.63) is 57.8 Å². The van der Waals surface area contributed by atoms with Gasteiger partial charge in [0.15, 0.2) is 0 Å². The summed E-state index contributed by atoms with van der Waals surface area (Å²) < 4.78 is 116. The highest BCUT2D eigenvalue weighted by molar-refractivity contribution is 9.10. The number of benzene rings is 2. The molecular formula is C14H7BrF7NO2S. The molecule has 3 nitrogen and oxygen atoms in total. The largest absolute Gasteiger partial charge is 0.416 e. The van der Waals surface area contributed by atoms with Gasteiger partial charge in [0, 0.05) is 0 Å². The van der Waals surface area contributed by atoms with Crippen LogP contribution >= 0.6 is 15.9 Å². The molecule has 2 rings (SSSR count). The quantitative estimate of drug-likeness (QED) is 0.614. The maximum absolute atomic E-state index is 13.4. The Morgan fingerprint density at radius 3 is 1.77 bits per heavy atom. The fourth-order valence-electron chi connectivity index (χ4n) is 1.86. The standard InChI is InChI=1S/C14H7BrF7NO2S/c15-11-2-1-9(6-12(11)16)23-26(24,25)10-4-7(13(17,18)19)3-8(5-10)14(20,21)22/h1-6,23H. The Kier molecular flexibility index (Phi) is 5.30. The molecule has 0 radical (unpaired) electrons. The van der Waals surface area contributed by atoms with Crippen LogP contribution in [0.25, 0.3) is 0 Å². The Morgan fingerprint density at radius 1 is 0.846 bits per heavy atom. The molecule has 0 saturated heterocycles. The molecule has 0 spiro atoms. The molecule has 0 aromatic heterocycles. The van der Waals surface area contributed by atoms with Crippen molar-refractivity contribution in [1.82, 2.24) is 0 Å². The molecule has 26 heavy (non-hydrogen) atoms. The van der Waals surface area contributed by atoms with Crippen molar-refractivity contribution in [3.63, 3.8) is 0 Å². The zero-order valence-electron chi connectivity index (χ0n) is 12.2. The molecule has 0 atom stereocenters.